The lowest BCUT2D eigenvalue weighted by atomic mass is 9.84. The van der Waals surface area contributed by atoms with Gasteiger partial charge in [0.15, 0.2) is 0 Å². The van der Waals surface area contributed by atoms with Gasteiger partial charge in [-0.15, -0.1) is 0 Å². The second kappa shape index (κ2) is 12.7. The normalized spacial score (nSPS) is 15.0. The number of allylic oxidation sites excluding steroid dienone is 9. The van der Waals surface area contributed by atoms with E-state index in [0.717, 1.165) is 33.7 Å². The average Bonchev–Trinajstić information content (AvgIpc) is 3.48. The van der Waals surface area contributed by atoms with Crippen molar-refractivity contribution < 1.29 is 0 Å². The molecule has 9 rings (SSSR count). The lowest BCUT2D eigenvalue weighted by Gasteiger charge is -2.26. The number of benzene rings is 6. The fraction of sp³-hybridized carbons (Fsp3) is 0.0204. The van der Waals surface area contributed by atoms with Crippen molar-refractivity contribution in [1.29, 1.82) is 0 Å². The Labute approximate surface area is 299 Å². The fourth-order valence-corrected chi connectivity index (χ4v) is 7.49. The molecule has 242 valence electrons. The number of aromatic nitrogens is 1. The number of nitrogens with zero attached hydrogens (tertiary/aromatic N) is 2. The van der Waals surface area contributed by atoms with E-state index in [1.54, 1.807) is 0 Å². The van der Waals surface area contributed by atoms with Gasteiger partial charge in [-0.2, -0.15) is 0 Å². The first kappa shape index (κ1) is 30.4. The monoisotopic (exact) mass is 652 g/mol. The molecular formula is C49H36N2. The van der Waals surface area contributed by atoms with Gasteiger partial charge >= 0.3 is 0 Å². The number of hydrogen-bond acceptors (Lipinski definition) is 1. The molecule has 1 aliphatic carbocycles. The Balaban J connectivity index is 1.21. The van der Waals surface area contributed by atoms with Gasteiger partial charge < -0.3 is 9.47 Å². The van der Waals surface area contributed by atoms with Crippen molar-refractivity contribution >= 4 is 50.4 Å². The van der Waals surface area contributed by atoms with E-state index in [9.17, 15) is 0 Å². The van der Waals surface area contributed by atoms with E-state index in [1.807, 2.05) is 6.92 Å². The van der Waals surface area contributed by atoms with Gasteiger partial charge in [-0.3, -0.25) is 0 Å². The lowest BCUT2D eigenvalue weighted by Crippen LogP contribution is -2.11. The second-order valence-corrected chi connectivity index (χ2v) is 13.1. The van der Waals surface area contributed by atoms with Gasteiger partial charge in [0.2, 0.25) is 0 Å². The minimum absolute atomic E-state index is 0.981. The van der Waals surface area contributed by atoms with Gasteiger partial charge in [-0.1, -0.05) is 128 Å². The predicted octanol–water partition coefficient (Wildman–Crippen LogP) is 13.3. The fourth-order valence-electron chi connectivity index (χ4n) is 7.49. The molecule has 0 spiro atoms. The van der Waals surface area contributed by atoms with Crippen LogP contribution in [0.15, 0.2) is 189 Å². The Morgan fingerprint density at radius 2 is 1.33 bits per heavy atom. The SMILES string of the molecule is C=C1/C=C\C=C/N(c2ccc(-c3cccc(-c4ccccc4)c3)cc2)c2cc3c(cc21)c1c2c(ccc1n3-c1ccccc1)C=C2/C=C\C=C/C. The molecule has 2 nitrogen and oxygen atoms in total. The van der Waals surface area contributed by atoms with Crippen molar-refractivity contribution in [1.82, 2.24) is 4.57 Å². The highest BCUT2D eigenvalue weighted by Gasteiger charge is 2.25. The molecular weight excluding hydrogens is 617 g/mol. The summed E-state index contributed by atoms with van der Waals surface area (Å²) in [5.74, 6) is 0. The standard InChI is InChI=1S/C49H36N2/c1-3-4-7-18-39-31-40-25-28-45-49(48(39)40)44-32-43-34(2)15-12-13-29-50(46(43)33-47(44)51(45)42-21-10-6-11-22-42)41-26-23-36(24-27-41)38-20-14-19-37(30-38)35-16-8-5-9-17-35/h3-33H,2H2,1H3/b4-3-,15-12-,18-7-,29-13-. The Hall–Kier alpha value is -6.64. The van der Waals surface area contributed by atoms with Crippen LogP contribution in [0.25, 0.3) is 67.0 Å². The van der Waals surface area contributed by atoms with Crippen LogP contribution >= 0.6 is 0 Å². The molecule has 6 aromatic carbocycles. The van der Waals surface area contributed by atoms with Crippen LogP contribution in [0.4, 0.5) is 11.4 Å². The molecule has 0 amide bonds. The first-order valence-corrected chi connectivity index (χ1v) is 17.5. The molecule has 0 atom stereocenters. The lowest BCUT2D eigenvalue weighted by molar-refractivity contribution is 1.17. The number of fused-ring (bicyclic) bond motifs is 6. The number of rotatable bonds is 6. The Morgan fingerprint density at radius 3 is 2.10 bits per heavy atom. The Bertz CT molecular complexity index is 2630. The summed E-state index contributed by atoms with van der Waals surface area (Å²) in [6, 6.07) is 48.2. The van der Waals surface area contributed by atoms with E-state index in [1.165, 1.54) is 55.2 Å². The summed E-state index contributed by atoms with van der Waals surface area (Å²) in [6.07, 6.45) is 19.2. The summed E-state index contributed by atoms with van der Waals surface area (Å²) in [5, 5.41) is 2.50. The van der Waals surface area contributed by atoms with Crippen molar-refractivity contribution in [3.8, 4) is 27.9 Å². The molecule has 51 heavy (non-hydrogen) atoms. The maximum Gasteiger partial charge on any atom is 0.0562 e. The van der Waals surface area contributed by atoms with Crippen LogP contribution in [0.1, 0.15) is 23.6 Å². The smallest absolute Gasteiger partial charge is 0.0562 e. The summed E-state index contributed by atoms with van der Waals surface area (Å²) >= 11 is 0. The Kier molecular flexibility index (Phi) is 7.56. The molecule has 0 saturated heterocycles. The number of para-hydroxylation sites is 1. The maximum atomic E-state index is 4.56. The van der Waals surface area contributed by atoms with E-state index in [-0.39, 0.29) is 0 Å². The predicted molar refractivity (Wildman–Crippen MR) is 219 cm³/mol. The maximum absolute atomic E-state index is 4.56. The molecule has 0 radical (unpaired) electrons. The van der Waals surface area contributed by atoms with Gasteiger partial charge in [0.05, 0.1) is 16.7 Å². The molecule has 0 bridgehead atoms. The van der Waals surface area contributed by atoms with Crippen LogP contribution in [-0.4, -0.2) is 4.57 Å². The van der Waals surface area contributed by atoms with Gasteiger partial charge in [0.1, 0.15) is 0 Å². The zero-order valence-electron chi connectivity index (χ0n) is 28.5. The molecule has 2 heterocycles. The van der Waals surface area contributed by atoms with Gasteiger partial charge in [-0.05, 0) is 112 Å². The van der Waals surface area contributed by atoms with Crippen LogP contribution in [0.5, 0.6) is 0 Å². The van der Waals surface area contributed by atoms with Crippen molar-refractivity contribution in [2.24, 2.45) is 0 Å². The Morgan fingerprint density at radius 1 is 0.608 bits per heavy atom. The third-order valence-electron chi connectivity index (χ3n) is 9.97. The molecule has 2 aliphatic rings. The van der Waals surface area contributed by atoms with Crippen molar-refractivity contribution in [3.63, 3.8) is 0 Å². The second-order valence-electron chi connectivity index (χ2n) is 13.1. The number of anilines is 2. The number of hydrogen-bond donors (Lipinski definition) is 0. The summed E-state index contributed by atoms with van der Waals surface area (Å²) in [4.78, 5) is 2.30. The summed E-state index contributed by atoms with van der Waals surface area (Å²) in [7, 11) is 0. The average molecular weight is 653 g/mol. The van der Waals surface area contributed by atoms with Gasteiger partial charge in [0.25, 0.3) is 0 Å². The van der Waals surface area contributed by atoms with Crippen LogP contribution in [-0.2, 0) is 0 Å². The minimum atomic E-state index is 0.981. The first-order chi connectivity index (χ1) is 25.2. The molecule has 2 heteroatoms. The van der Waals surface area contributed by atoms with E-state index < -0.39 is 0 Å². The van der Waals surface area contributed by atoms with Gasteiger partial charge in [-0.25, -0.2) is 0 Å². The molecule has 1 aromatic heterocycles. The van der Waals surface area contributed by atoms with E-state index in [4.69, 9.17) is 0 Å². The van der Waals surface area contributed by atoms with Crippen LogP contribution < -0.4 is 4.90 Å². The third-order valence-corrected chi connectivity index (χ3v) is 9.97. The molecule has 0 fully saturated rings. The highest BCUT2D eigenvalue weighted by molar-refractivity contribution is 6.21. The summed E-state index contributed by atoms with van der Waals surface area (Å²) in [6.45, 7) is 6.61. The van der Waals surface area contributed by atoms with Crippen LogP contribution in [0.2, 0.25) is 0 Å². The van der Waals surface area contributed by atoms with Crippen LogP contribution in [0.3, 0.4) is 0 Å². The van der Waals surface area contributed by atoms with Crippen molar-refractivity contribution in [3.05, 3.63) is 205 Å². The van der Waals surface area contributed by atoms with Crippen molar-refractivity contribution in [2.45, 2.75) is 6.92 Å². The molecule has 0 N–H and O–H groups in total. The molecule has 0 unspecified atom stereocenters. The molecule has 0 saturated carbocycles. The van der Waals surface area contributed by atoms with E-state index in [0.29, 0.717) is 0 Å². The largest absolute Gasteiger partial charge is 0.316 e. The topological polar surface area (TPSA) is 8.17 Å². The molecule has 7 aromatic rings. The van der Waals surface area contributed by atoms with Crippen molar-refractivity contribution in [2.75, 3.05) is 4.90 Å². The van der Waals surface area contributed by atoms with Gasteiger partial charge in [0, 0.05) is 33.9 Å². The molecule has 1 aliphatic heterocycles. The zero-order chi connectivity index (χ0) is 34.3. The minimum Gasteiger partial charge on any atom is -0.316 e. The van der Waals surface area contributed by atoms with E-state index in [2.05, 4.69) is 204 Å². The third kappa shape index (κ3) is 5.29. The summed E-state index contributed by atoms with van der Waals surface area (Å²) < 4.78 is 2.42. The summed E-state index contributed by atoms with van der Waals surface area (Å²) in [5.41, 5.74) is 16.4. The van der Waals surface area contributed by atoms with E-state index >= 15 is 0 Å². The quantitative estimate of drug-likeness (QED) is 0.162. The highest BCUT2D eigenvalue weighted by Crippen LogP contribution is 2.47. The zero-order valence-corrected chi connectivity index (χ0v) is 28.5. The highest BCUT2D eigenvalue weighted by atomic mass is 15.1. The van der Waals surface area contributed by atoms with Crippen LogP contribution in [0, 0.1) is 0 Å². The first-order valence-electron chi connectivity index (χ1n) is 17.5.